The smallest absolute Gasteiger partial charge is 0.237 e. The number of likely N-dealkylation sites (N-methyl/N-ethyl adjacent to an activating group) is 1. The molecular formula is C23H26FN3O2. The molecule has 152 valence electrons. The quantitative estimate of drug-likeness (QED) is 0.719. The van der Waals surface area contributed by atoms with Crippen LogP contribution in [0.3, 0.4) is 0 Å². The van der Waals surface area contributed by atoms with Crippen molar-refractivity contribution in [3.8, 4) is 11.1 Å². The highest BCUT2D eigenvalue weighted by molar-refractivity contribution is 5.96. The van der Waals surface area contributed by atoms with E-state index in [0.717, 1.165) is 37.3 Å². The molecule has 1 fully saturated rings. The van der Waals surface area contributed by atoms with Crippen LogP contribution in [-0.4, -0.2) is 55.0 Å². The molecule has 1 aliphatic heterocycles. The van der Waals surface area contributed by atoms with Gasteiger partial charge in [0.25, 0.3) is 0 Å². The maximum absolute atomic E-state index is 13.9. The molecule has 0 spiro atoms. The van der Waals surface area contributed by atoms with Crippen molar-refractivity contribution >= 4 is 16.9 Å². The summed E-state index contributed by atoms with van der Waals surface area (Å²) in [6, 6.07) is 14.0. The predicted molar refractivity (Wildman–Crippen MR) is 112 cm³/mol. The Morgan fingerprint density at radius 3 is 2.59 bits per heavy atom. The maximum atomic E-state index is 13.9. The van der Waals surface area contributed by atoms with Gasteiger partial charge < -0.3 is 14.6 Å². The van der Waals surface area contributed by atoms with Gasteiger partial charge in [-0.2, -0.15) is 0 Å². The zero-order chi connectivity index (χ0) is 20.4. The predicted octanol–water partition coefficient (Wildman–Crippen LogP) is 3.49. The fourth-order valence-corrected chi connectivity index (χ4v) is 3.86. The van der Waals surface area contributed by atoms with Crippen molar-refractivity contribution in [3.63, 3.8) is 0 Å². The summed E-state index contributed by atoms with van der Waals surface area (Å²) in [6.45, 7) is 5.88. The minimum atomic E-state index is -0.310. The first-order valence-corrected chi connectivity index (χ1v) is 9.99. The number of furan rings is 1. The molecule has 4 rings (SSSR count). The van der Waals surface area contributed by atoms with Crippen molar-refractivity contribution in [2.24, 2.45) is 0 Å². The van der Waals surface area contributed by atoms with E-state index >= 15 is 0 Å². The Labute approximate surface area is 170 Å². The molecule has 5 nitrogen and oxygen atoms in total. The first-order chi connectivity index (χ1) is 14.0. The first-order valence-electron chi connectivity index (χ1n) is 9.99. The van der Waals surface area contributed by atoms with Crippen LogP contribution in [0, 0.1) is 5.82 Å². The van der Waals surface area contributed by atoms with E-state index in [1.165, 1.54) is 12.1 Å². The summed E-state index contributed by atoms with van der Waals surface area (Å²) < 4.78 is 19.9. The number of piperazine rings is 1. The topological polar surface area (TPSA) is 48.7 Å². The third kappa shape index (κ3) is 4.18. The monoisotopic (exact) mass is 395 g/mol. The van der Waals surface area contributed by atoms with Crippen LogP contribution in [0.4, 0.5) is 4.39 Å². The molecular weight excluding hydrogens is 369 g/mol. The molecule has 2 aromatic carbocycles. The second-order valence-corrected chi connectivity index (χ2v) is 7.64. The summed E-state index contributed by atoms with van der Waals surface area (Å²) >= 11 is 0. The third-order valence-corrected chi connectivity index (χ3v) is 5.67. The van der Waals surface area contributed by atoms with E-state index in [-0.39, 0.29) is 24.3 Å². The SMILES string of the molecule is CC(C(=O)NCc1oc2ccc(F)cc2c1-c1ccccc1)N1CCN(C)CC1. The highest BCUT2D eigenvalue weighted by Crippen LogP contribution is 2.35. The van der Waals surface area contributed by atoms with E-state index in [9.17, 15) is 9.18 Å². The van der Waals surface area contributed by atoms with Gasteiger partial charge in [0.2, 0.25) is 5.91 Å². The average molecular weight is 395 g/mol. The molecule has 0 saturated carbocycles. The average Bonchev–Trinajstić information content (AvgIpc) is 3.10. The minimum absolute atomic E-state index is 0.0276. The van der Waals surface area contributed by atoms with Gasteiger partial charge in [0, 0.05) is 37.1 Å². The lowest BCUT2D eigenvalue weighted by molar-refractivity contribution is -0.126. The molecule has 1 N–H and O–H groups in total. The number of rotatable bonds is 5. The number of amides is 1. The van der Waals surface area contributed by atoms with Crippen LogP contribution in [-0.2, 0) is 11.3 Å². The van der Waals surface area contributed by atoms with E-state index < -0.39 is 0 Å². The van der Waals surface area contributed by atoms with E-state index in [1.54, 1.807) is 6.07 Å². The number of carbonyl (C=O) groups is 1. The second kappa shape index (κ2) is 8.35. The molecule has 2 heterocycles. The zero-order valence-electron chi connectivity index (χ0n) is 16.8. The van der Waals surface area contributed by atoms with Crippen molar-refractivity contribution in [1.82, 2.24) is 15.1 Å². The number of nitrogens with one attached hydrogen (secondary N) is 1. The van der Waals surface area contributed by atoms with Crippen LogP contribution < -0.4 is 5.32 Å². The van der Waals surface area contributed by atoms with Crippen molar-refractivity contribution in [3.05, 3.63) is 60.1 Å². The number of benzene rings is 2. The third-order valence-electron chi connectivity index (χ3n) is 5.67. The van der Waals surface area contributed by atoms with Crippen molar-refractivity contribution in [2.75, 3.05) is 33.2 Å². The van der Waals surface area contributed by atoms with Gasteiger partial charge in [0.1, 0.15) is 17.2 Å². The molecule has 0 aliphatic carbocycles. The number of fused-ring (bicyclic) bond motifs is 1. The second-order valence-electron chi connectivity index (χ2n) is 7.64. The maximum Gasteiger partial charge on any atom is 0.237 e. The lowest BCUT2D eigenvalue weighted by Gasteiger charge is -2.35. The fraction of sp³-hybridized carbons (Fsp3) is 0.348. The number of hydrogen-bond acceptors (Lipinski definition) is 4. The molecule has 1 saturated heterocycles. The van der Waals surface area contributed by atoms with E-state index in [2.05, 4.69) is 22.2 Å². The van der Waals surface area contributed by atoms with Gasteiger partial charge in [-0.15, -0.1) is 0 Å². The zero-order valence-corrected chi connectivity index (χ0v) is 16.8. The van der Waals surface area contributed by atoms with E-state index in [4.69, 9.17) is 4.42 Å². The number of nitrogens with zero attached hydrogens (tertiary/aromatic N) is 2. The minimum Gasteiger partial charge on any atom is -0.459 e. The van der Waals surface area contributed by atoms with Crippen LogP contribution in [0.25, 0.3) is 22.1 Å². The first kappa shape index (κ1) is 19.6. The highest BCUT2D eigenvalue weighted by atomic mass is 19.1. The van der Waals surface area contributed by atoms with E-state index in [0.29, 0.717) is 16.7 Å². The summed E-state index contributed by atoms with van der Waals surface area (Å²) in [6.07, 6.45) is 0. The molecule has 1 amide bonds. The summed E-state index contributed by atoms with van der Waals surface area (Å²) in [7, 11) is 2.09. The molecule has 1 aliphatic rings. The number of hydrogen-bond donors (Lipinski definition) is 1. The van der Waals surface area contributed by atoms with Crippen molar-refractivity contribution in [1.29, 1.82) is 0 Å². The van der Waals surface area contributed by atoms with Crippen LogP contribution in [0.5, 0.6) is 0 Å². The molecule has 6 heteroatoms. The Morgan fingerprint density at radius 1 is 1.14 bits per heavy atom. The van der Waals surface area contributed by atoms with E-state index in [1.807, 2.05) is 37.3 Å². The van der Waals surface area contributed by atoms with Crippen LogP contribution in [0.2, 0.25) is 0 Å². The molecule has 0 bridgehead atoms. The van der Waals surface area contributed by atoms with Gasteiger partial charge >= 0.3 is 0 Å². The molecule has 1 atom stereocenters. The van der Waals surface area contributed by atoms with Crippen molar-refractivity contribution in [2.45, 2.75) is 19.5 Å². The molecule has 0 radical (unpaired) electrons. The van der Waals surface area contributed by atoms with Gasteiger partial charge in [-0.05, 0) is 37.7 Å². The highest BCUT2D eigenvalue weighted by Gasteiger charge is 2.25. The summed E-state index contributed by atoms with van der Waals surface area (Å²) in [5.41, 5.74) is 2.38. The Kier molecular flexibility index (Phi) is 5.65. The summed E-state index contributed by atoms with van der Waals surface area (Å²) in [4.78, 5) is 17.2. The lowest BCUT2D eigenvalue weighted by Crippen LogP contribution is -2.52. The van der Waals surface area contributed by atoms with Crippen LogP contribution in [0.15, 0.2) is 52.9 Å². The fourth-order valence-electron chi connectivity index (χ4n) is 3.86. The Bertz CT molecular complexity index is 994. The van der Waals surface area contributed by atoms with Crippen LogP contribution in [0.1, 0.15) is 12.7 Å². The van der Waals surface area contributed by atoms with Gasteiger partial charge in [-0.1, -0.05) is 30.3 Å². The number of carbonyl (C=O) groups excluding carboxylic acids is 1. The van der Waals surface area contributed by atoms with Gasteiger partial charge in [0.05, 0.1) is 12.6 Å². The molecule has 29 heavy (non-hydrogen) atoms. The Morgan fingerprint density at radius 2 is 1.86 bits per heavy atom. The van der Waals surface area contributed by atoms with Gasteiger partial charge in [0.15, 0.2) is 0 Å². The largest absolute Gasteiger partial charge is 0.459 e. The van der Waals surface area contributed by atoms with Crippen LogP contribution >= 0.6 is 0 Å². The van der Waals surface area contributed by atoms with Gasteiger partial charge in [-0.3, -0.25) is 9.69 Å². The number of halogens is 1. The molecule has 3 aromatic rings. The van der Waals surface area contributed by atoms with Crippen molar-refractivity contribution < 1.29 is 13.6 Å². The normalized spacial score (nSPS) is 16.8. The lowest BCUT2D eigenvalue weighted by atomic mass is 10.0. The molecule has 1 aromatic heterocycles. The standard InChI is InChI=1S/C23H26FN3O2/c1-16(27-12-10-26(2)11-13-27)23(28)25-15-21-22(17-6-4-3-5-7-17)19-14-18(24)8-9-20(19)29-21/h3-9,14,16H,10-13,15H2,1-2H3,(H,25,28). The van der Waals surface area contributed by atoms with Gasteiger partial charge in [-0.25, -0.2) is 4.39 Å². The Hall–Kier alpha value is -2.70. The summed E-state index contributed by atoms with van der Waals surface area (Å²) in [5, 5.41) is 3.73. The Balaban J connectivity index is 1.55. The molecule has 1 unspecified atom stereocenters. The summed E-state index contributed by atoms with van der Waals surface area (Å²) in [5.74, 6) is 0.297.